The number of halogens is 1. The first-order valence-electron chi connectivity index (χ1n) is 7.67. The molecule has 0 unspecified atom stereocenters. The lowest BCUT2D eigenvalue weighted by Crippen LogP contribution is -2.28. The van der Waals surface area contributed by atoms with E-state index in [9.17, 15) is 13.2 Å². The van der Waals surface area contributed by atoms with Gasteiger partial charge in [-0.3, -0.25) is 9.78 Å². The van der Waals surface area contributed by atoms with E-state index < -0.39 is 20.7 Å². The number of hydrogen-bond donors (Lipinski definition) is 0. The molecule has 0 aliphatic carbocycles. The van der Waals surface area contributed by atoms with Crippen LogP contribution >= 0.6 is 11.6 Å². The van der Waals surface area contributed by atoms with Crippen LogP contribution < -0.4 is 0 Å². The van der Waals surface area contributed by atoms with Crippen LogP contribution in [0.5, 0.6) is 0 Å². The quantitative estimate of drug-likeness (QED) is 0.415. The molecule has 0 aromatic carbocycles. The van der Waals surface area contributed by atoms with E-state index in [0.717, 1.165) is 12.8 Å². The van der Waals surface area contributed by atoms with Crippen molar-refractivity contribution in [3.8, 4) is 0 Å². The molecule has 0 N–H and O–H groups in total. The summed E-state index contributed by atoms with van der Waals surface area (Å²) >= 11 is 5.93. The number of hydrogen-bond acceptors (Lipinski definition) is 5. The zero-order valence-corrected chi connectivity index (χ0v) is 15.9. The lowest BCUT2D eigenvalue weighted by atomic mass is 10.2. The van der Waals surface area contributed by atoms with E-state index >= 15 is 0 Å². The Morgan fingerprint density at radius 1 is 1.38 bits per heavy atom. The van der Waals surface area contributed by atoms with Crippen molar-refractivity contribution >= 4 is 33.3 Å². The average Bonchev–Trinajstić information content (AvgIpc) is 2.45. The molecule has 0 aliphatic heterocycles. The first-order valence-corrected chi connectivity index (χ1v) is 9.49. The largest absolute Gasteiger partial charge is 0.465 e. The fourth-order valence-electron chi connectivity index (χ4n) is 1.53. The van der Waals surface area contributed by atoms with E-state index in [1.54, 1.807) is 6.07 Å². The third-order valence-electron chi connectivity index (χ3n) is 3.09. The van der Waals surface area contributed by atoms with Gasteiger partial charge in [-0.15, -0.1) is 0 Å². The topological polar surface area (TPSA) is 85.7 Å². The highest BCUT2D eigenvalue weighted by molar-refractivity contribution is 7.91. The van der Waals surface area contributed by atoms with Crippen LogP contribution in [0, 0.1) is 0 Å². The summed E-state index contributed by atoms with van der Waals surface area (Å²) in [5.41, 5.74) is 0.261. The van der Waals surface area contributed by atoms with E-state index in [1.807, 2.05) is 6.92 Å². The summed E-state index contributed by atoms with van der Waals surface area (Å²) in [7, 11) is -3.83. The third-order valence-corrected chi connectivity index (χ3v) is 5.34. The predicted octanol–water partition coefficient (Wildman–Crippen LogP) is 3.39. The molecule has 0 saturated heterocycles. The van der Waals surface area contributed by atoms with Gasteiger partial charge in [0.1, 0.15) is 0 Å². The highest BCUT2D eigenvalue weighted by atomic mass is 35.5. The van der Waals surface area contributed by atoms with E-state index in [1.165, 1.54) is 33.0 Å². The fraction of sp³-hybridized carbons (Fsp3) is 0.562. The van der Waals surface area contributed by atoms with Gasteiger partial charge in [-0.05, 0) is 39.3 Å². The minimum absolute atomic E-state index is 0.0222. The Morgan fingerprint density at radius 2 is 2.04 bits per heavy atom. The second-order valence-corrected chi connectivity index (χ2v) is 9.03. The lowest BCUT2D eigenvalue weighted by Gasteiger charge is -2.16. The maximum absolute atomic E-state index is 12.4. The number of sulfonamides is 1. The molecule has 6 nitrogen and oxygen atoms in total. The number of carbonyl (C=O) groups excluding carboxylic acids is 1. The number of ether oxygens (including phenoxy) is 1. The van der Waals surface area contributed by atoms with Gasteiger partial charge in [-0.25, -0.2) is 8.42 Å². The number of unbranched alkanes of at least 4 members (excludes halogenated alkanes) is 1. The van der Waals surface area contributed by atoms with Gasteiger partial charge in [-0.2, -0.15) is 4.40 Å². The Kier molecular flexibility index (Phi) is 7.35. The fourth-order valence-corrected chi connectivity index (χ4v) is 2.41. The van der Waals surface area contributed by atoms with Gasteiger partial charge < -0.3 is 4.74 Å². The molecular formula is C16H23ClN2O4S. The van der Waals surface area contributed by atoms with Crippen molar-refractivity contribution < 1.29 is 17.9 Å². The molecule has 0 aliphatic rings. The Morgan fingerprint density at radius 3 is 2.58 bits per heavy atom. The second kappa shape index (κ2) is 8.58. The standard InChI is InChI=1S/C16H23ClN2O4S/c1-5-6-9-23-15(20)11-14(13-10-12(17)7-8-18-13)19-24(21,22)16(2,3)4/h7-8,10H,5-6,9,11H2,1-4H3. The van der Waals surface area contributed by atoms with E-state index in [-0.39, 0.29) is 24.4 Å². The average molecular weight is 375 g/mol. The summed E-state index contributed by atoms with van der Waals surface area (Å²) in [4.78, 5) is 16.0. The van der Waals surface area contributed by atoms with Crippen LogP contribution in [0.1, 0.15) is 52.7 Å². The number of nitrogens with zero attached hydrogens (tertiary/aromatic N) is 2. The summed E-state index contributed by atoms with van der Waals surface area (Å²) in [5, 5.41) is 0.375. The molecule has 0 spiro atoms. The van der Waals surface area contributed by atoms with Gasteiger partial charge in [0.25, 0.3) is 10.0 Å². The van der Waals surface area contributed by atoms with Gasteiger partial charge in [0.15, 0.2) is 0 Å². The summed E-state index contributed by atoms with van der Waals surface area (Å²) < 4.78 is 32.5. The van der Waals surface area contributed by atoms with E-state index in [2.05, 4.69) is 9.38 Å². The van der Waals surface area contributed by atoms with Crippen molar-refractivity contribution in [2.24, 2.45) is 4.40 Å². The smallest absolute Gasteiger partial charge is 0.311 e. The summed E-state index contributed by atoms with van der Waals surface area (Å²) in [5.74, 6) is -0.548. The Balaban J connectivity index is 3.16. The molecule has 24 heavy (non-hydrogen) atoms. The SMILES string of the molecule is CCCCOC(=O)CC(=NS(=O)(=O)C(C)(C)C)c1cc(Cl)ccn1. The number of rotatable bonds is 7. The molecule has 1 aromatic rings. The van der Waals surface area contributed by atoms with Crippen LogP contribution in [0.25, 0.3) is 0 Å². The molecule has 1 aromatic heterocycles. The molecule has 1 heterocycles. The molecule has 0 saturated carbocycles. The highest BCUT2D eigenvalue weighted by Crippen LogP contribution is 2.20. The van der Waals surface area contributed by atoms with Crippen molar-refractivity contribution in [1.29, 1.82) is 0 Å². The Hall–Kier alpha value is -1.47. The van der Waals surface area contributed by atoms with Crippen LogP contribution in [0.2, 0.25) is 5.02 Å². The molecule has 0 fully saturated rings. The molecule has 0 radical (unpaired) electrons. The van der Waals surface area contributed by atoms with Crippen molar-refractivity contribution in [1.82, 2.24) is 4.98 Å². The Labute approximate surface area is 148 Å². The van der Waals surface area contributed by atoms with Crippen molar-refractivity contribution in [3.63, 3.8) is 0 Å². The molecule has 8 heteroatoms. The molecule has 1 rings (SSSR count). The van der Waals surface area contributed by atoms with Gasteiger partial charge in [0.05, 0.1) is 29.2 Å². The molecule has 0 amide bonds. The van der Waals surface area contributed by atoms with Gasteiger partial charge in [0, 0.05) is 11.2 Å². The number of aromatic nitrogens is 1. The molecule has 0 bridgehead atoms. The van der Waals surface area contributed by atoms with Crippen LogP contribution in [-0.2, 0) is 19.6 Å². The molecular weight excluding hydrogens is 352 g/mol. The first-order chi connectivity index (χ1) is 11.1. The third kappa shape index (κ3) is 6.20. The highest BCUT2D eigenvalue weighted by Gasteiger charge is 2.30. The summed E-state index contributed by atoms with van der Waals surface area (Å²) in [6.07, 6.45) is 2.78. The second-order valence-electron chi connectivity index (χ2n) is 6.24. The van der Waals surface area contributed by atoms with Crippen molar-refractivity contribution in [3.05, 3.63) is 29.0 Å². The molecule has 0 atom stereocenters. The minimum atomic E-state index is -3.83. The predicted molar refractivity (Wildman–Crippen MR) is 94.9 cm³/mol. The monoisotopic (exact) mass is 374 g/mol. The van der Waals surface area contributed by atoms with Crippen molar-refractivity contribution in [2.75, 3.05) is 6.61 Å². The van der Waals surface area contributed by atoms with Gasteiger partial charge in [-0.1, -0.05) is 24.9 Å². The number of pyridine rings is 1. The van der Waals surface area contributed by atoms with E-state index in [0.29, 0.717) is 5.02 Å². The minimum Gasteiger partial charge on any atom is -0.465 e. The normalized spacial score (nSPS) is 13.0. The summed E-state index contributed by atoms with van der Waals surface area (Å²) in [6, 6.07) is 3.03. The zero-order chi connectivity index (χ0) is 18.4. The molecule has 134 valence electrons. The van der Waals surface area contributed by atoms with Crippen LogP contribution in [0.3, 0.4) is 0 Å². The maximum Gasteiger partial charge on any atom is 0.311 e. The maximum atomic E-state index is 12.4. The van der Waals surface area contributed by atoms with Crippen molar-refractivity contribution in [2.45, 2.75) is 51.7 Å². The van der Waals surface area contributed by atoms with Gasteiger partial charge in [0.2, 0.25) is 0 Å². The van der Waals surface area contributed by atoms with Crippen LogP contribution in [0.15, 0.2) is 22.7 Å². The number of esters is 1. The number of carbonyl (C=O) groups is 1. The summed E-state index contributed by atoms with van der Waals surface area (Å²) in [6.45, 7) is 6.88. The lowest BCUT2D eigenvalue weighted by molar-refractivity contribution is -0.142. The van der Waals surface area contributed by atoms with E-state index in [4.69, 9.17) is 16.3 Å². The first kappa shape index (κ1) is 20.6. The van der Waals surface area contributed by atoms with Crippen LogP contribution in [0.4, 0.5) is 0 Å². The van der Waals surface area contributed by atoms with Crippen LogP contribution in [-0.4, -0.2) is 36.4 Å². The Bertz CT molecular complexity index is 709. The zero-order valence-electron chi connectivity index (χ0n) is 14.4. The van der Waals surface area contributed by atoms with Gasteiger partial charge >= 0.3 is 5.97 Å².